The largest absolute Gasteiger partial charge is 0.325 e. The van der Waals surface area contributed by atoms with Crippen molar-refractivity contribution in [3.8, 4) is 11.3 Å². The zero-order valence-electron chi connectivity index (χ0n) is 19.1. The van der Waals surface area contributed by atoms with Crippen molar-refractivity contribution >= 4 is 11.6 Å². The molecule has 4 aromatic rings. The van der Waals surface area contributed by atoms with E-state index in [0.29, 0.717) is 36.2 Å². The number of amides is 1. The van der Waals surface area contributed by atoms with Crippen molar-refractivity contribution in [1.29, 1.82) is 0 Å². The summed E-state index contributed by atoms with van der Waals surface area (Å²) < 4.78 is 72.3. The molecule has 5 heterocycles. The van der Waals surface area contributed by atoms with Crippen LogP contribution in [0.1, 0.15) is 59.2 Å². The molecular formula is C25H20F5N5O. The first-order valence-corrected chi connectivity index (χ1v) is 11.5. The Hall–Kier alpha value is -3.76. The monoisotopic (exact) mass is 501 g/mol. The van der Waals surface area contributed by atoms with E-state index in [1.807, 2.05) is 0 Å². The van der Waals surface area contributed by atoms with Gasteiger partial charge in [0.25, 0.3) is 12.3 Å². The maximum Gasteiger partial charge on any atom is 0.282 e. The number of alkyl halides is 2. The van der Waals surface area contributed by atoms with Crippen molar-refractivity contribution < 1.29 is 26.7 Å². The van der Waals surface area contributed by atoms with Crippen molar-refractivity contribution in [2.24, 2.45) is 7.05 Å². The highest BCUT2D eigenvalue weighted by molar-refractivity contribution is 5.95. The molecule has 6 rings (SSSR count). The summed E-state index contributed by atoms with van der Waals surface area (Å²) in [4.78, 5) is 19.5. The van der Waals surface area contributed by atoms with Gasteiger partial charge in [0, 0.05) is 30.4 Å². The second-order valence-electron chi connectivity index (χ2n) is 9.18. The number of piperidine rings is 1. The lowest BCUT2D eigenvalue weighted by Gasteiger charge is -2.45. The van der Waals surface area contributed by atoms with Gasteiger partial charge in [-0.15, -0.1) is 0 Å². The molecule has 2 aliphatic heterocycles. The van der Waals surface area contributed by atoms with Gasteiger partial charge in [-0.2, -0.15) is 5.10 Å². The molecule has 1 aromatic carbocycles. The summed E-state index contributed by atoms with van der Waals surface area (Å²) in [6.45, 7) is 0. The first-order chi connectivity index (χ1) is 17.3. The Labute approximate surface area is 202 Å². The Balaban J connectivity index is 1.47. The minimum absolute atomic E-state index is 0.141. The molecule has 2 aliphatic rings. The maximum absolute atomic E-state index is 14.0. The van der Waals surface area contributed by atoms with E-state index in [-0.39, 0.29) is 22.9 Å². The number of aromatic nitrogens is 4. The van der Waals surface area contributed by atoms with Gasteiger partial charge in [0.1, 0.15) is 17.0 Å². The molecule has 0 N–H and O–H groups in total. The number of carbonyl (C=O) groups is 1. The standard InChI is InChI=1S/C25H20F5N5O/c1-33-22(12-9-15(26)19(28)16(27)10-12)14-11-13-5-4-6-17(20(14)32-33)35(13)25(36)23-21(24(29)30)31-18-7-2-3-8-34(18)23/h2-3,7-10,13,17,24H,4-6,11H2,1H3/t13-,17+/m1/s1. The Morgan fingerprint density at radius 2 is 1.86 bits per heavy atom. The van der Waals surface area contributed by atoms with Crippen LogP contribution < -0.4 is 0 Å². The van der Waals surface area contributed by atoms with Crippen LogP contribution in [0.3, 0.4) is 0 Å². The second-order valence-corrected chi connectivity index (χ2v) is 9.18. The lowest BCUT2D eigenvalue weighted by molar-refractivity contribution is 0.0375. The first kappa shape index (κ1) is 22.7. The van der Waals surface area contributed by atoms with E-state index in [1.165, 1.54) is 15.3 Å². The first-order valence-electron chi connectivity index (χ1n) is 11.5. The van der Waals surface area contributed by atoms with Gasteiger partial charge >= 0.3 is 0 Å². The van der Waals surface area contributed by atoms with Crippen LogP contribution in [0.25, 0.3) is 16.9 Å². The topological polar surface area (TPSA) is 55.4 Å². The third kappa shape index (κ3) is 3.25. The van der Waals surface area contributed by atoms with Crippen LogP contribution in [0.2, 0.25) is 0 Å². The molecule has 0 saturated carbocycles. The lowest BCUT2D eigenvalue weighted by atomic mass is 9.81. The van der Waals surface area contributed by atoms with Crippen LogP contribution >= 0.6 is 0 Å². The predicted octanol–water partition coefficient (Wildman–Crippen LogP) is 5.38. The Kier molecular flexibility index (Phi) is 5.13. The quantitative estimate of drug-likeness (QED) is 0.280. The van der Waals surface area contributed by atoms with Gasteiger partial charge in [0.15, 0.2) is 17.5 Å². The molecule has 1 amide bonds. The summed E-state index contributed by atoms with van der Waals surface area (Å²) in [5.74, 6) is -4.72. The number of nitrogens with zero attached hydrogens (tertiary/aromatic N) is 5. The van der Waals surface area contributed by atoms with Crippen molar-refractivity contribution in [3.05, 3.63) is 76.6 Å². The van der Waals surface area contributed by atoms with Crippen LogP contribution in [0.4, 0.5) is 22.0 Å². The molecule has 186 valence electrons. The number of fused-ring (bicyclic) bond motifs is 5. The third-order valence-corrected chi connectivity index (χ3v) is 7.13. The molecule has 2 atom stereocenters. The minimum Gasteiger partial charge on any atom is -0.325 e. The number of carbonyl (C=O) groups excluding carboxylic acids is 1. The molecule has 2 bridgehead atoms. The lowest BCUT2D eigenvalue weighted by Crippen LogP contribution is -2.50. The van der Waals surface area contributed by atoms with Gasteiger partial charge in [0.2, 0.25) is 0 Å². The smallest absolute Gasteiger partial charge is 0.282 e. The molecule has 6 nitrogen and oxygen atoms in total. The maximum atomic E-state index is 14.0. The Morgan fingerprint density at radius 1 is 1.11 bits per heavy atom. The van der Waals surface area contributed by atoms with Crippen molar-refractivity contribution in [1.82, 2.24) is 24.1 Å². The highest BCUT2D eigenvalue weighted by atomic mass is 19.3. The van der Waals surface area contributed by atoms with Gasteiger partial charge in [0.05, 0.1) is 17.4 Å². The average molecular weight is 501 g/mol. The zero-order chi connectivity index (χ0) is 25.3. The summed E-state index contributed by atoms with van der Waals surface area (Å²) in [6.07, 6.45) is 0.903. The molecule has 0 radical (unpaired) electrons. The molecule has 0 aliphatic carbocycles. The van der Waals surface area contributed by atoms with E-state index in [1.54, 1.807) is 30.1 Å². The summed E-state index contributed by atoms with van der Waals surface area (Å²) in [5.41, 5.74) is 1.34. The predicted molar refractivity (Wildman–Crippen MR) is 119 cm³/mol. The average Bonchev–Trinajstić information content (AvgIpc) is 3.39. The van der Waals surface area contributed by atoms with E-state index < -0.39 is 41.5 Å². The van der Waals surface area contributed by atoms with Gasteiger partial charge in [-0.3, -0.25) is 13.9 Å². The number of aryl methyl sites for hydroxylation is 1. The van der Waals surface area contributed by atoms with E-state index in [0.717, 1.165) is 18.6 Å². The number of halogens is 5. The third-order valence-electron chi connectivity index (χ3n) is 7.13. The summed E-state index contributed by atoms with van der Waals surface area (Å²) >= 11 is 0. The van der Waals surface area contributed by atoms with Gasteiger partial charge in [-0.1, -0.05) is 6.07 Å². The molecular weight excluding hydrogens is 481 g/mol. The van der Waals surface area contributed by atoms with Crippen molar-refractivity contribution in [2.75, 3.05) is 0 Å². The number of hydrogen-bond donors (Lipinski definition) is 0. The normalized spacial score (nSPS) is 19.2. The van der Waals surface area contributed by atoms with E-state index in [9.17, 15) is 26.7 Å². The molecule has 1 fully saturated rings. The molecule has 11 heteroatoms. The number of benzene rings is 1. The van der Waals surface area contributed by atoms with Gasteiger partial charge < -0.3 is 4.90 Å². The second kappa shape index (κ2) is 8.14. The zero-order valence-corrected chi connectivity index (χ0v) is 19.1. The summed E-state index contributed by atoms with van der Waals surface area (Å²) in [5, 5.41) is 4.58. The number of pyridine rings is 1. The van der Waals surface area contributed by atoms with Crippen LogP contribution in [-0.2, 0) is 13.5 Å². The van der Waals surface area contributed by atoms with Crippen LogP contribution in [-0.4, -0.2) is 36.0 Å². The minimum atomic E-state index is -2.94. The molecule has 36 heavy (non-hydrogen) atoms. The van der Waals surface area contributed by atoms with Crippen LogP contribution in [0, 0.1) is 17.5 Å². The fourth-order valence-electron chi connectivity index (χ4n) is 5.70. The fourth-order valence-corrected chi connectivity index (χ4v) is 5.70. The fraction of sp³-hybridized carbons (Fsp3) is 0.320. The highest BCUT2D eigenvalue weighted by Crippen LogP contribution is 2.45. The Bertz CT molecular complexity index is 1500. The molecule has 0 unspecified atom stereocenters. The van der Waals surface area contributed by atoms with E-state index in [4.69, 9.17) is 0 Å². The van der Waals surface area contributed by atoms with E-state index in [2.05, 4.69) is 10.1 Å². The number of rotatable bonds is 3. The van der Waals surface area contributed by atoms with Gasteiger partial charge in [-0.05, 0) is 49.9 Å². The number of hydrogen-bond acceptors (Lipinski definition) is 3. The van der Waals surface area contributed by atoms with Crippen LogP contribution in [0.15, 0.2) is 36.5 Å². The van der Waals surface area contributed by atoms with Gasteiger partial charge in [-0.25, -0.2) is 26.9 Å². The summed E-state index contributed by atoms with van der Waals surface area (Å²) in [7, 11) is 1.61. The van der Waals surface area contributed by atoms with E-state index >= 15 is 0 Å². The molecule has 3 aromatic heterocycles. The highest BCUT2D eigenvalue weighted by Gasteiger charge is 2.45. The van der Waals surface area contributed by atoms with Crippen LogP contribution in [0.5, 0.6) is 0 Å². The Morgan fingerprint density at radius 3 is 2.58 bits per heavy atom. The molecule has 0 spiro atoms. The summed E-state index contributed by atoms with van der Waals surface area (Å²) in [6, 6.07) is 5.87. The van der Waals surface area contributed by atoms with Crippen molar-refractivity contribution in [2.45, 2.75) is 44.2 Å². The number of imidazole rings is 1. The molecule has 1 saturated heterocycles. The van der Waals surface area contributed by atoms with Crippen molar-refractivity contribution in [3.63, 3.8) is 0 Å². The SMILES string of the molecule is Cn1nc2c(c1-c1cc(F)c(F)c(F)c1)C[C@H]1CCC[C@@H]2N1C(=O)c1c(C(F)F)nc2ccccn12.